The van der Waals surface area contributed by atoms with Crippen LogP contribution in [-0.4, -0.2) is 19.1 Å². The molecule has 0 saturated carbocycles. The number of aromatic nitrogens is 4. The SMILES string of the molecule is [C-]#[N+]c1cc(-c2nc(-c3ccccc3)nc(-c3ccc(-n4c5ccccc5c5c6oc7ccccc7c6ccc54)c(C#N)c3)c2C#N)ccc1-n1c2ccccc2c2c3oc4ccccc4c3ccc21. The van der Waals surface area contributed by atoms with Crippen molar-refractivity contribution < 1.29 is 8.83 Å². The van der Waals surface area contributed by atoms with Crippen molar-refractivity contribution in [3.8, 4) is 57.4 Å². The number of fused-ring (bicyclic) bond motifs is 14. The number of hydrogen-bond donors (Lipinski definition) is 0. The minimum atomic E-state index is 0.216. The van der Waals surface area contributed by atoms with Crippen molar-refractivity contribution in [1.29, 1.82) is 10.5 Å². The third-order valence-electron chi connectivity index (χ3n) is 13.7. The Hall–Kier alpha value is -10.3. The summed E-state index contributed by atoms with van der Waals surface area (Å²) in [7, 11) is 0. The topological polar surface area (TPSA) is 114 Å². The first-order chi connectivity index (χ1) is 34.6. The van der Waals surface area contributed by atoms with Crippen LogP contribution in [0.15, 0.2) is 197 Å². The van der Waals surface area contributed by atoms with Crippen molar-refractivity contribution in [2.24, 2.45) is 0 Å². The number of furan rings is 2. The van der Waals surface area contributed by atoms with Crippen molar-refractivity contribution in [2.45, 2.75) is 0 Å². The molecule has 5 aromatic heterocycles. The Balaban J connectivity index is 0.950. The molecule has 0 saturated heterocycles. The number of hydrogen-bond acceptors (Lipinski definition) is 6. The molecule has 0 atom stereocenters. The zero-order valence-corrected chi connectivity index (χ0v) is 36.8. The van der Waals surface area contributed by atoms with Gasteiger partial charge < -0.3 is 18.0 Å². The highest BCUT2D eigenvalue weighted by atomic mass is 16.3. The summed E-state index contributed by atoms with van der Waals surface area (Å²) >= 11 is 0. The minimum absolute atomic E-state index is 0.216. The number of nitriles is 2. The Kier molecular flexibility index (Phi) is 8.27. The molecule has 0 bridgehead atoms. The van der Waals surface area contributed by atoms with Crippen molar-refractivity contribution in [1.82, 2.24) is 19.1 Å². The molecule has 9 heteroatoms. The molecular formula is C61H31N7O2. The molecule has 0 aliphatic rings. The molecule has 0 fully saturated rings. The summed E-state index contributed by atoms with van der Waals surface area (Å²) in [6.45, 7) is 8.57. The maximum Gasteiger partial charge on any atom is 0.211 e. The van der Waals surface area contributed by atoms with E-state index in [-0.39, 0.29) is 5.56 Å². The monoisotopic (exact) mass is 893 g/mol. The minimum Gasteiger partial charge on any atom is -0.455 e. The van der Waals surface area contributed by atoms with Gasteiger partial charge in [0.1, 0.15) is 40.0 Å². The highest BCUT2D eigenvalue weighted by molar-refractivity contribution is 6.25. The Morgan fingerprint density at radius 1 is 0.443 bits per heavy atom. The summed E-state index contributed by atoms with van der Waals surface area (Å²) in [5, 5.41) is 30.1. The van der Waals surface area contributed by atoms with Crippen LogP contribution in [0.4, 0.5) is 5.69 Å². The molecule has 9 aromatic carbocycles. The number of nitrogens with zero attached hydrogens (tertiary/aromatic N) is 7. The maximum atomic E-state index is 11.1. The lowest BCUT2D eigenvalue weighted by atomic mass is 9.98. The molecule has 0 amide bonds. The molecule has 0 spiro atoms. The van der Waals surface area contributed by atoms with Gasteiger partial charge in [-0.3, -0.25) is 0 Å². The second-order valence-electron chi connectivity index (χ2n) is 17.3. The molecule has 9 nitrogen and oxygen atoms in total. The molecular weight excluding hydrogens is 863 g/mol. The van der Waals surface area contributed by atoms with Crippen LogP contribution >= 0.6 is 0 Å². The van der Waals surface area contributed by atoms with Gasteiger partial charge in [0.15, 0.2) is 5.82 Å². The first-order valence-corrected chi connectivity index (χ1v) is 22.7. The van der Waals surface area contributed by atoms with Crippen LogP contribution in [0.5, 0.6) is 0 Å². The first-order valence-electron chi connectivity index (χ1n) is 22.7. The van der Waals surface area contributed by atoms with Gasteiger partial charge in [0, 0.05) is 43.4 Å². The highest BCUT2D eigenvalue weighted by Gasteiger charge is 2.25. The Morgan fingerprint density at radius 2 is 0.943 bits per heavy atom. The molecule has 0 aliphatic heterocycles. The van der Waals surface area contributed by atoms with Gasteiger partial charge in [-0.1, -0.05) is 115 Å². The number of rotatable bonds is 5. The fourth-order valence-corrected chi connectivity index (χ4v) is 10.6. The van der Waals surface area contributed by atoms with Crippen LogP contribution in [0.3, 0.4) is 0 Å². The lowest BCUT2D eigenvalue weighted by Crippen LogP contribution is -2.03. The van der Waals surface area contributed by atoms with Crippen LogP contribution in [0.25, 0.3) is 138 Å². The van der Waals surface area contributed by atoms with E-state index in [1.165, 1.54) is 0 Å². The molecule has 70 heavy (non-hydrogen) atoms. The lowest BCUT2D eigenvalue weighted by Gasteiger charge is -2.16. The Morgan fingerprint density at radius 3 is 1.50 bits per heavy atom. The second-order valence-corrected chi connectivity index (χ2v) is 17.3. The van der Waals surface area contributed by atoms with Gasteiger partial charge in [-0.05, 0) is 78.4 Å². The number of para-hydroxylation sites is 4. The molecule has 14 aromatic rings. The number of benzene rings is 9. The quantitative estimate of drug-likeness (QED) is 0.159. The van der Waals surface area contributed by atoms with E-state index in [1.807, 2.05) is 115 Å². The van der Waals surface area contributed by atoms with Crippen LogP contribution in [0.2, 0.25) is 0 Å². The zero-order valence-electron chi connectivity index (χ0n) is 36.8. The fraction of sp³-hybridized carbons (Fsp3) is 0. The van der Waals surface area contributed by atoms with E-state index in [2.05, 4.69) is 86.8 Å². The third-order valence-corrected chi connectivity index (χ3v) is 13.7. The van der Waals surface area contributed by atoms with E-state index >= 15 is 0 Å². The van der Waals surface area contributed by atoms with E-state index in [1.54, 1.807) is 12.1 Å². The largest absolute Gasteiger partial charge is 0.455 e. The van der Waals surface area contributed by atoms with Gasteiger partial charge in [-0.25, -0.2) is 14.8 Å². The summed E-state index contributed by atoms with van der Waals surface area (Å²) in [5.74, 6) is 0.398. The van der Waals surface area contributed by atoms with Crippen molar-refractivity contribution in [3.05, 3.63) is 211 Å². The third kappa shape index (κ3) is 5.50. The van der Waals surface area contributed by atoms with E-state index in [0.717, 1.165) is 93.1 Å². The summed E-state index contributed by atoms with van der Waals surface area (Å²) in [6.07, 6.45) is 0. The van der Waals surface area contributed by atoms with Crippen LogP contribution in [0, 0.1) is 29.2 Å². The predicted molar refractivity (Wildman–Crippen MR) is 277 cm³/mol. The molecule has 0 aliphatic carbocycles. The van der Waals surface area contributed by atoms with Gasteiger partial charge in [0.2, 0.25) is 5.69 Å². The average Bonchev–Trinajstić information content (AvgIpc) is 4.18. The summed E-state index contributed by atoms with van der Waals surface area (Å²) in [5.41, 5.74) is 11.8. The van der Waals surface area contributed by atoms with Crippen LogP contribution < -0.4 is 0 Å². The fourth-order valence-electron chi connectivity index (χ4n) is 10.6. The van der Waals surface area contributed by atoms with Gasteiger partial charge in [-0.15, -0.1) is 0 Å². The van der Waals surface area contributed by atoms with Gasteiger partial charge in [-0.2, -0.15) is 10.5 Å². The van der Waals surface area contributed by atoms with Crippen LogP contribution in [-0.2, 0) is 0 Å². The lowest BCUT2D eigenvalue weighted by molar-refractivity contribution is 0.672. The molecule has 5 heterocycles. The van der Waals surface area contributed by atoms with Gasteiger partial charge in [0.05, 0.1) is 67.7 Å². The molecule has 14 rings (SSSR count). The average molecular weight is 894 g/mol. The van der Waals surface area contributed by atoms with Gasteiger partial charge >= 0.3 is 0 Å². The summed E-state index contributed by atoms with van der Waals surface area (Å²) in [6, 6.07) is 66.6. The van der Waals surface area contributed by atoms with Crippen LogP contribution in [0.1, 0.15) is 11.1 Å². The van der Waals surface area contributed by atoms with Crippen molar-refractivity contribution in [2.75, 3.05) is 0 Å². The van der Waals surface area contributed by atoms with E-state index in [9.17, 15) is 10.5 Å². The zero-order chi connectivity index (χ0) is 46.6. The smallest absolute Gasteiger partial charge is 0.211 e. The maximum absolute atomic E-state index is 11.1. The standard InChI is InChI=1S/C61H31N7O2/c1-64-46-32-37(24-28-50(46)68-49-20-10-6-18-44(49)56-52(68)30-26-42-40-16-8-12-22-54(40)70-60(42)56)58-45(34-63)57(65-61(66-58)35-13-3-2-4-14-35)36-23-27-47(38(31-36)33-62)67-48-19-9-5-17-43(48)55-51(67)29-25-41-39-15-7-11-21-53(39)69-59(41)55/h2-32H. The summed E-state index contributed by atoms with van der Waals surface area (Å²) < 4.78 is 17.3. The summed E-state index contributed by atoms with van der Waals surface area (Å²) in [4.78, 5) is 14.2. The Bertz CT molecular complexity index is 4430. The normalized spacial score (nSPS) is 11.7. The second kappa shape index (κ2) is 14.9. The van der Waals surface area contributed by atoms with E-state index in [0.29, 0.717) is 51.0 Å². The first kappa shape index (κ1) is 38.9. The van der Waals surface area contributed by atoms with Gasteiger partial charge in [0.25, 0.3) is 0 Å². The molecule has 0 unspecified atom stereocenters. The van der Waals surface area contributed by atoms with Crippen molar-refractivity contribution >= 4 is 93.2 Å². The van der Waals surface area contributed by atoms with E-state index < -0.39 is 0 Å². The molecule has 322 valence electrons. The Labute approximate surface area is 398 Å². The van der Waals surface area contributed by atoms with E-state index in [4.69, 9.17) is 25.4 Å². The molecule has 0 radical (unpaired) electrons. The predicted octanol–water partition coefficient (Wildman–Crippen LogP) is 15.8. The molecule has 0 N–H and O–H groups in total. The van der Waals surface area contributed by atoms with Crippen molar-refractivity contribution in [3.63, 3.8) is 0 Å². The highest BCUT2D eigenvalue weighted by Crippen LogP contribution is 2.45.